The number of unbranched alkanes of at least 4 members (excludes halogenated alkanes) is 36. The average molecular weight is 1090 g/mol. The van der Waals surface area contributed by atoms with Gasteiger partial charge < -0.3 is 14.2 Å². The fraction of sp³-hybridized carbons (Fsp3) is 0.764. The van der Waals surface area contributed by atoms with Crippen molar-refractivity contribution >= 4 is 17.9 Å². The summed E-state index contributed by atoms with van der Waals surface area (Å²) in [5, 5.41) is 0. The van der Waals surface area contributed by atoms with Gasteiger partial charge in [-0.05, 0) is 96.3 Å². The first-order valence-corrected chi connectivity index (χ1v) is 33.6. The van der Waals surface area contributed by atoms with Gasteiger partial charge in [0.1, 0.15) is 13.2 Å². The third kappa shape index (κ3) is 63.4. The van der Waals surface area contributed by atoms with Crippen LogP contribution in [0, 0.1) is 0 Å². The second kappa shape index (κ2) is 66.1. The Labute approximate surface area is 484 Å². The molecule has 78 heavy (non-hydrogen) atoms. The van der Waals surface area contributed by atoms with Gasteiger partial charge in [0, 0.05) is 19.3 Å². The topological polar surface area (TPSA) is 78.9 Å². The number of hydrogen-bond acceptors (Lipinski definition) is 6. The van der Waals surface area contributed by atoms with E-state index >= 15 is 0 Å². The fourth-order valence-corrected chi connectivity index (χ4v) is 9.62. The zero-order valence-electron chi connectivity index (χ0n) is 51.7. The molecular formula is C72H126O6. The van der Waals surface area contributed by atoms with Gasteiger partial charge in [-0.1, -0.05) is 305 Å². The molecule has 0 spiro atoms. The Balaban J connectivity index is 4.37. The van der Waals surface area contributed by atoms with Gasteiger partial charge in [-0.25, -0.2) is 0 Å². The van der Waals surface area contributed by atoms with E-state index in [2.05, 4.69) is 106 Å². The summed E-state index contributed by atoms with van der Waals surface area (Å²) in [4.78, 5) is 38.4. The molecule has 0 aromatic carbocycles. The Morgan fingerprint density at radius 1 is 0.269 bits per heavy atom. The lowest BCUT2D eigenvalue weighted by molar-refractivity contribution is -0.167. The standard InChI is InChI=1S/C72H126O6/c1-4-7-10-13-16-19-22-25-28-30-32-34-35-36-38-39-41-44-47-50-53-56-59-62-65-71(74)77-68-69(67-76-70(73)64-61-58-55-52-49-46-43-27-24-21-18-15-12-9-6-3)78-72(75)66-63-60-57-54-51-48-45-42-40-37-33-31-29-26-23-20-17-14-11-8-5-2/h9,12,18,21,23,26-27,31,33,40,42-43,49,52,69H,4-8,10-11,13-17,19-20,22,24-25,28-30,32,34-39,41,44-48,50-51,53-68H2,1-3H3/b12-9-,21-18-,26-23-,33-31-,42-40-,43-27-,52-49-. The summed E-state index contributed by atoms with van der Waals surface area (Å²) in [6.07, 6.45) is 87.5. The predicted molar refractivity (Wildman–Crippen MR) is 339 cm³/mol. The third-order valence-electron chi connectivity index (χ3n) is 14.6. The van der Waals surface area contributed by atoms with Crippen molar-refractivity contribution in [1.82, 2.24) is 0 Å². The van der Waals surface area contributed by atoms with E-state index in [4.69, 9.17) is 14.2 Å². The van der Waals surface area contributed by atoms with Crippen molar-refractivity contribution < 1.29 is 28.6 Å². The maximum atomic E-state index is 12.9. The molecule has 0 aromatic rings. The van der Waals surface area contributed by atoms with Crippen LogP contribution < -0.4 is 0 Å². The monoisotopic (exact) mass is 1090 g/mol. The smallest absolute Gasteiger partial charge is 0.306 e. The summed E-state index contributed by atoms with van der Waals surface area (Å²) >= 11 is 0. The molecule has 0 heterocycles. The van der Waals surface area contributed by atoms with Crippen LogP contribution in [0.15, 0.2) is 85.1 Å². The van der Waals surface area contributed by atoms with Crippen LogP contribution in [0.3, 0.4) is 0 Å². The molecule has 1 unspecified atom stereocenters. The van der Waals surface area contributed by atoms with Gasteiger partial charge in [-0.2, -0.15) is 0 Å². The molecule has 0 N–H and O–H groups in total. The molecule has 0 bridgehead atoms. The second-order valence-electron chi connectivity index (χ2n) is 22.4. The fourth-order valence-electron chi connectivity index (χ4n) is 9.62. The lowest BCUT2D eigenvalue weighted by Gasteiger charge is -2.18. The molecule has 0 aliphatic rings. The van der Waals surface area contributed by atoms with E-state index in [0.717, 1.165) is 109 Å². The van der Waals surface area contributed by atoms with Crippen molar-refractivity contribution in [2.45, 2.75) is 341 Å². The summed E-state index contributed by atoms with van der Waals surface area (Å²) in [5.74, 6) is -0.934. The van der Waals surface area contributed by atoms with Gasteiger partial charge in [0.15, 0.2) is 6.10 Å². The SMILES string of the molecule is CC/C=C\C/C=C\C/C=C\C/C=C\CCCCC(=O)OCC(COC(=O)CCCCCCCCCCCCCCCCCCCCCCCCCC)OC(=O)CCCCCCCC/C=C\C/C=C\C/C=C\CCCCCCC. The molecule has 0 aliphatic carbocycles. The molecule has 6 heteroatoms. The summed E-state index contributed by atoms with van der Waals surface area (Å²) in [6.45, 7) is 6.51. The minimum absolute atomic E-state index is 0.0928. The van der Waals surface area contributed by atoms with Gasteiger partial charge in [0.05, 0.1) is 0 Å². The Morgan fingerprint density at radius 2 is 0.500 bits per heavy atom. The number of carbonyl (C=O) groups is 3. The highest BCUT2D eigenvalue weighted by Gasteiger charge is 2.19. The van der Waals surface area contributed by atoms with E-state index in [1.165, 1.54) is 186 Å². The summed E-state index contributed by atoms with van der Waals surface area (Å²) in [7, 11) is 0. The molecule has 0 rings (SSSR count). The van der Waals surface area contributed by atoms with Crippen molar-refractivity contribution in [2.75, 3.05) is 13.2 Å². The highest BCUT2D eigenvalue weighted by molar-refractivity contribution is 5.71. The first-order chi connectivity index (χ1) is 38.5. The van der Waals surface area contributed by atoms with E-state index in [-0.39, 0.29) is 31.1 Å². The zero-order valence-corrected chi connectivity index (χ0v) is 51.7. The van der Waals surface area contributed by atoms with Gasteiger partial charge >= 0.3 is 17.9 Å². The van der Waals surface area contributed by atoms with Crippen LogP contribution in [-0.4, -0.2) is 37.2 Å². The lowest BCUT2D eigenvalue weighted by atomic mass is 10.0. The van der Waals surface area contributed by atoms with Crippen LogP contribution in [-0.2, 0) is 28.6 Å². The van der Waals surface area contributed by atoms with Crippen LogP contribution >= 0.6 is 0 Å². The van der Waals surface area contributed by atoms with Crippen LogP contribution in [0.4, 0.5) is 0 Å². The summed E-state index contributed by atoms with van der Waals surface area (Å²) in [6, 6.07) is 0. The molecule has 0 saturated carbocycles. The molecule has 0 aliphatic heterocycles. The van der Waals surface area contributed by atoms with Gasteiger partial charge in [-0.15, -0.1) is 0 Å². The number of esters is 3. The number of allylic oxidation sites excluding steroid dienone is 14. The third-order valence-corrected chi connectivity index (χ3v) is 14.6. The molecule has 1 atom stereocenters. The normalized spacial score (nSPS) is 12.6. The quantitative estimate of drug-likeness (QED) is 0.0261. The molecular weight excluding hydrogens is 961 g/mol. The Morgan fingerprint density at radius 3 is 0.808 bits per heavy atom. The van der Waals surface area contributed by atoms with Crippen molar-refractivity contribution in [3.63, 3.8) is 0 Å². The van der Waals surface area contributed by atoms with E-state index < -0.39 is 6.10 Å². The van der Waals surface area contributed by atoms with Crippen LogP contribution in [0.5, 0.6) is 0 Å². The number of rotatable bonds is 61. The van der Waals surface area contributed by atoms with Crippen LogP contribution in [0.2, 0.25) is 0 Å². The molecule has 0 radical (unpaired) electrons. The zero-order chi connectivity index (χ0) is 56.4. The number of ether oxygens (including phenoxy) is 3. The minimum atomic E-state index is -0.802. The Kier molecular flexibility index (Phi) is 63.2. The Hall–Kier alpha value is -3.41. The maximum absolute atomic E-state index is 12.9. The van der Waals surface area contributed by atoms with Crippen LogP contribution in [0.25, 0.3) is 0 Å². The molecule has 0 amide bonds. The predicted octanol–water partition coefficient (Wildman–Crippen LogP) is 23.1. The molecule has 0 aromatic heterocycles. The highest BCUT2D eigenvalue weighted by atomic mass is 16.6. The van der Waals surface area contributed by atoms with E-state index in [1.54, 1.807) is 0 Å². The maximum Gasteiger partial charge on any atom is 0.306 e. The summed E-state index contributed by atoms with van der Waals surface area (Å²) in [5.41, 5.74) is 0. The lowest BCUT2D eigenvalue weighted by Crippen LogP contribution is -2.30. The summed E-state index contributed by atoms with van der Waals surface area (Å²) < 4.78 is 16.9. The highest BCUT2D eigenvalue weighted by Crippen LogP contribution is 2.17. The van der Waals surface area contributed by atoms with Crippen molar-refractivity contribution in [1.29, 1.82) is 0 Å². The van der Waals surface area contributed by atoms with Crippen molar-refractivity contribution in [3.05, 3.63) is 85.1 Å². The van der Waals surface area contributed by atoms with Gasteiger partial charge in [0.25, 0.3) is 0 Å². The number of carbonyl (C=O) groups excluding carboxylic acids is 3. The van der Waals surface area contributed by atoms with Crippen molar-refractivity contribution in [2.24, 2.45) is 0 Å². The second-order valence-corrected chi connectivity index (χ2v) is 22.4. The van der Waals surface area contributed by atoms with Gasteiger partial charge in [0.2, 0.25) is 0 Å². The largest absolute Gasteiger partial charge is 0.462 e. The average Bonchev–Trinajstić information content (AvgIpc) is 3.44. The molecule has 450 valence electrons. The van der Waals surface area contributed by atoms with Crippen molar-refractivity contribution in [3.8, 4) is 0 Å². The first-order valence-electron chi connectivity index (χ1n) is 33.6. The molecule has 0 saturated heterocycles. The van der Waals surface area contributed by atoms with E-state index in [9.17, 15) is 14.4 Å². The first kappa shape index (κ1) is 74.6. The van der Waals surface area contributed by atoms with E-state index in [1.807, 2.05) is 0 Å². The molecule has 6 nitrogen and oxygen atoms in total. The number of hydrogen-bond donors (Lipinski definition) is 0. The Bertz CT molecular complexity index is 1480. The minimum Gasteiger partial charge on any atom is -0.462 e. The van der Waals surface area contributed by atoms with E-state index in [0.29, 0.717) is 19.3 Å². The molecule has 0 fully saturated rings. The van der Waals surface area contributed by atoms with Gasteiger partial charge in [-0.3, -0.25) is 14.4 Å². The van der Waals surface area contributed by atoms with Crippen LogP contribution in [0.1, 0.15) is 335 Å².